The number of nitrogens with zero attached hydrogens (tertiary/aromatic N) is 2. The zero-order chi connectivity index (χ0) is 18.6. The number of aryl methyl sites for hydroxylation is 1. The van der Waals surface area contributed by atoms with Crippen LogP contribution in [0.2, 0.25) is 0 Å². The van der Waals surface area contributed by atoms with Gasteiger partial charge in [0.05, 0.1) is 5.75 Å². The van der Waals surface area contributed by atoms with Gasteiger partial charge in [-0.1, -0.05) is 36.4 Å². The molecule has 0 N–H and O–H groups in total. The van der Waals surface area contributed by atoms with Crippen LogP contribution in [-0.2, 0) is 22.2 Å². The van der Waals surface area contributed by atoms with E-state index >= 15 is 0 Å². The molecule has 0 unspecified atom stereocenters. The lowest BCUT2D eigenvalue weighted by molar-refractivity contribution is 0.190. The molecular formula is C20H25FN2O2S. The molecule has 0 amide bonds. The van der Waals surface area contributed by atoms with E-state index in [1.54, 1.807) is 16.4 Å². The minimum Gasteiger partial charge on any atom is -0.300 e. The first-order valence-corrected chi connectivity index (χ1v) is 10.5. The van der Waals surface area contributed by atoms with Crippen molar-refractivity contribution in [2.75, 3.05) is 32.7 Å². The van der Waals surface area contributed by atoms with Gasteiger partial charge in [0.25, 0.3) is 0 Å². The Kier molecular flexibility index (Phi) is 6.06. The Bertz CT molecular complexity index is 829. The zero-order valence-electron chi connectivity index (χ0n) is 15.1. The SMILES string of the molecule is Cc1ccccc1CS(=O)(=O)N1CCN(CCc2ccc(F)cc2)CC1. The van der Waals surface area contributed by atoms with Crippen molar-refractivity contribution in [3.63, 3.8) is 0 Å². The van der Waals surface area contributed by atoms with Crippen LogP contribution in [0.5, 0.6) is 0 Å². The van der Waals surface area contributed by atoms with Gasteiger partial charge in [-0.15, -0.1) is 0 Å². The average molecular weight is 376 g/mol. The predicted molar refractivity (Wildman–Crippen MR) is 102 cm³/mol. The first-order valence-electron chi connectivity index (χ1n) is 8.93. The largest absolute Gasteiger partial charge is 0.300 e. The Labute approximate surface area is 155 Å². The zero-order valence-corrected chi connectivity index (χ0v) is 15.9. The van der Waals surface area contributed by atoms with Gasteiger partial charge in [-0.2, -0.15) is 4.31 Å². The average Bonchev–Trinajstić information content (AvgIpc) is 2.63. The predicted octanol–water partition coefficient (Wildman–Crippen LogP) is 2.82. The molecule has 0 aliphatic carbocycles. The minimum atomic E-state index is -3.29. The van der Waals surface area contributed by atoms with Crippen LogP contribution in [0.3, 0.4) is 0 Å². The van der Waals surface area contributed by atoms with E-state index in [4.69, 9.17) is 0 Å². The molecule has 4 nitrogen and oxygen atoms in total. The number of benzene rings is 2. The van der Waals surface area contributed by atoms with Gasteiger partial charge >= 0.3 is 0 Å². The van der Waals surface area contributed by atoms with Gasteiger partial charge in [0, 0.05) is 32.7 Å². The fourth-order valence-electron chi connectivity index (χ4n) is 3.23. The Morgan fingerprint density at radius 3 is 2.27 bits per heavy atom. The van der Waals surface area contributed by atoms with Crippen LogP contribution in [0.25, 0.3) is 0 Å². The number of sulfonamides is 1. The molecule has 0 atom stereocenters. The molecule has 3 rings (SSSR count). The first kappa shape index (κ1) is 19.0. The monoisotopic (exact) mass is 376 g/mol. The molecule has 26 heavy (non-hydrogen) atoms. The van der Waals surface area contributed by atoms with Crippen molar-refractivity contribution in [3.05, 3.63) is 71.0 Å². The highest BCUT2D eigenvalue weighted by molar-refractivity contribution is 7.88. The van der Waals surface area contributed by atoms with Crippen molar-refractivity contribution in [2.24, 2.45) is 0 Å². The quantitative estimate of drug-likeness (QED) is 0.778. The summed E-state index contributed by atoms with van der Waals surface area (Å²) in [6, 6.07) is 14.2. The molecule has 0 spiro atoms. The molecular weight excluding hydrogens is 351 g/mol. The summed E-state index contributed by atoms with van der Waals surface area (Å²) in [6.45, 7) is 5.31. The van der Waals surface area contributed by atoms with Crippen LogP contribution in [0.1, 0.15) is 16.7 Å². The van der Waals surface area contributed by atoms with Crippen LogP contribution in [0.15, 0.2) is 48.5 Å². The van der Waals surface area contributed by atoms with Crippen LogP contribution in [-0.4, -0.2) is 50.3 Å². The molecule has 1 heterocycles. The van der Waals surface area contributed by atoms with E-state index < -0.39 is 10.0 Å². The van der Waals surface area contributed by atoms with Gasteiger partial charge < -0.3 is 4.90 Å². The number of halogens is 1. The number of piperazine rings is 1. The second kappa shape index (κ2) is 8.29. The fourth-order valence-corrected chi connectivity index (χ4v) is 4.85. The minimum absolute atomic E-state index is 0.0647. The molecule has 1 saturated heterocycles. The molecule has 0 bridgehead atoms. The summed E-state index contributed by atoms with van der Waals surface area (Å²) >= 11 is 0. The van der Waals surface area contributed by atoms with E-state index in [1.807, 2.05) is 31.2 Å². The van der Waals surface area contributed by atoms with Crippen LogP contribution in [0.4, 0.5) is 4.39 Å². The van der Waals surface area contributed by atoms with E-state index in [0.29, 0.717) is 13.1 Å². The van der Waals surface area contributed by atoms with Gasteiger partial charge in [0.1, 0.15) is 5.82 Å². The van der Waals surface area contributed by atoms with Crippen molar-refractivity contribution >= 4 is 10.0 Å². The molecule has 0 saturated carbocycles. The molecule has 1 fully saturated rings. The van der Waals surface area contributed by atoms with Crippen LogP contribution < -0.4 is 0 Å². The lowest BCUT2D eigenvalue weighted by atomic mass is 10.1. The lowest BCUT2D eigenvalue weighted by Crippen LogP contribution is -2.49. The van der Waals surface area contributed by atoms with E-state index in [-0.39, 0.29) is 11.6 Å². The van der Waals surface area contributed by atoms with Crippen LogP contribution in [0, 0.1) is 12.7 Å². The highest BCUT2D eigenvalue weighted by atomic mass is 32.2. The van der Waals surface area contributed by atoms with Crippen molar-refractivity contribution in [2.45, 2.75) is 19.1 Å². The second-order valence-electron chi connectivity index (χ2n) is 6.80. The maximum Gasteiger partial charge on any atom is 0.218 e. The summed E-state index contributed by atoms with van der Waals surface area (Å²) in [6.07, 6.45) is 0.843. The number of hydrogen-bond donors (Lipinski definition) is 0. The van der Waals surface area contributed by atoms with Crippen molar-refractivity contribution in [3.8, 4) is 0 Å². The van der Waals surface area contributed by atoms with E-state index in [0.717, 1.165) is 42.7 Å². The van der Waals surface area contributed by atoms with E-state index in [1.165, 1.54) is 12.1 Å². The number of rotatable bonds is 6. The molecule has 140 valence electrons. The molecule has 2 aromatic rings. The van der Waals surface area contributed by atoms with Gasteiger partial charge in [0.15, 0.2) is 0 Å². The Morgan fingerprint density at radius 1 is 0.962 bits per heavy atom. The molecule has 1 aliphatic rings. The standard InChI is InChI=1S/C20H25FN2O2S/c1-17-4-2-3-5-19(17)16-26(24,25)23-14-12-22(13-15-23)11-10-18-6-8-20(21)9-7-18/h2-9H,10-16H2,1H3. The van der Waals surface area contributed by atoms with E-state index in [2.05, 4.69) is 4.90 Å². The van der Waals surface area contributed by atoms with Gasteiger partial charge in [-0.25, -0.2) is 12.8 Å². The lowest BCUT2D eigenvalue weighted by Gasteiger charge is -2.34. The topological polar surface area (TPSA) is 40.6 Å². The van der Waals surface area contributed by atoms with Gasteiger partial charge in [-0.05, 0) is 42.2 Å². The number of hydrogen-bond acceptors (Lipinski definition) is 3. The summed E-state index contributed by atoms with van der Waals surface area (Å²) in [4.78, 5) is 2.27. The highest BCUT2D eigenvalue weighted by Crippen LogP contribution is 2.16. The molecule has 0 aromatic heterocycles. The summed E-state index contributed by atoms with van der Waals surface area (Å²) in [5, 5.41) is 0. The van der Waals surface area contributed by atoms with Crippen molar-refractivity contribution in [1.29, 1.82) is 0 Å². The van der Waals surface area contributed by atoms with E-state index in [9.17, 15) is 12.8 Å². The smallest absolute Gasteiger partial charge is 0.218 e. The normalized spacial score (nSPS) is 16.7. The highest BCUT2D eigenvalue weighted by Gasteiger charge is 2.27. The third-order valence-electron chi connectivity index (χ3n) is 4.95. The third kappa shape index (κ3) is 4.90. The Morgan fingerprint density at radius 2 is 1.62 bits per heavy atom. The molecule has 6 heteroatoms. The Hall–Kier alpha value is -1.76. The maximum absolute atomic E-state index is 12.9. The summed E-state index contributed by atoms with van der Waals surface area (Å²) in [5.74, 6) is -0.156. The fraction of sp³-hybridized carbons (Fsp3) is 0.400. The third-order valence-corrected chi connectivity index (χ3v) is 6.78. The summed E-state index contributed by atoms with van der Waals surface area (Å²) in [5.41, 5.74) is 2.97. The molecule has 2 aromatic carbocycles. The second-order valence-corrected chi connectivity index (χ2v) is 8.77. The maximum atomic E-state index is 12.9. The van der Waals surface area contributed by atoms with Gasteiger partial charge in [-0.3, -0.25) is 0 Å². The van der Waals surface area contributed by atoms with Gasteiger partial charge in [0.2, 0.25) is 10.0 Å². The summed E-state index contributed by atoms with van der Waals surface area (Å²) < 4.78 is 39.9. The molecule has 0 radical (unpaired) electrons. The van der Waals surface area contributed by atoms with Crippen molar-refractivity contribution in [1.82, 2.24) is 9.21 Å². The molecule has 1 aliphatic heterocycles. The van der Waals surface area contributed by atoms with Crippen molar-refractivity contribution < 1.29 is 12.8 Å². The van der Waals surface area contributed by atoms with Crippen LogP contribution >= 0.6 is 0 Å². The summed E-state index contributed by atoms with van der Waals surface area (Å²) in [7, 11) is -3.29. The first-order chi connectivity index (χ1) is 12.4. The Balaban J connectivity index is 1.51.